The van der Waals surface area contributed by atoms with E-state index < -0.39 is 11.8 Å². The molecule has 1 aromatic carbocycles. The molecule has 0 saturated carbocycles. The lowest BCUT2D eigenvalue weighted by molar-refractivity contribution is -0.141. The molecule has 0 spiro atoms. The molecular weight excluding hydrogens is 296 g/mol. The first-order valence-corrected chi connectivity index (χ1v) is 6.65. The summed E-state index contributed by atoms with van der Waals surface area (Å²) in [5.41, 5.74) is 0.352. The average Bonchev–Trinajstić information content (AvgIpc) is 2.45. The van der Waals surface area contributed by atoms with Crippen LogP contribution in [0, 0.1) is 0 Å². The van der Waals surface area contributed by atoms with E-state index in [9.17, 15) is 14.4 Å². The second-order valence-corrected chi connectivity index (χ2v) is 4.88. The summed E-state index contributed by atoms with van der Waals surface area (Å²) in [6.45, 7) is 0.381. The predicted octanol–water partition coefficient (Wildman–Crippen LogP) is 1.09. The van der Waals surface area contributed by atoms with Crippen LogP contribution in [0.25, 0.3) is 0 Å². The predicted molar refractivity (Wildman–Crippen MR) is 78.1 cm³/mol. The molecule has 0 aliphatic heterocycles. The van der Waals surface area contributed by atoms with Crippen molar-refractivity contribution in [2.45, 2.75) is 6.42 Å². The van der Waals surface area contributed by atoms with Crippen molar-refractivity contribution in [1.29, 1.82) is 0 Å². The lowest BCUT2D eigenvalue weighted by Gasteiger charge is -2.15. The van der Waals surface area contributed by atoms with Crippen LogP contribution in [0.2, 0.25) is 5.02 Å². The van der Waals surface area contributed by atoms with Crippen molar-refractivity contribution in [2.24, 2.45) is 0 Å². The molecule has 0 aliphatic rings. The number of carbonyl (C=O) groups is 3. The third kappa shape index (κ3) is 6.37. The summed E-state index contributed by atoms with van der Waals surface area (Å²) >= 11 is 5.72. The number of methoxy groups -OCH3 is 1. The normalized spacial score (nSPS) is 10.3. The number of imide groups is 1. The first-order chi connectivity index (χ1) is 9.92. The van der Waals surface area contributed by atoms with Gasteiger partial charge in [0.1, 0.15) is 0 Å². The standard InChI is InChI=1S/C14H17ClN2O4/c1-17(8-7-13(19)21-2)9-12(18)16-14(20)10-3-5-11(15)6-4-10/h3-6H,7-9H2,1-2H3,(H,16,18,20). The van der Waals surface area contributed by atoms with Gasteiger partial charge in [0.25, 0.3) is 5.91 Å². The van der Waals surface area contributed by atoms with E-state index in [1.807, 2.05) is 0 Å². The monoisotopic (exact) mass is 312 g/mol. The smallest absolute Gasteiger partial charge is 0.306 e. The molecular formula is C14H17ClN2O4. The Labute approximate surface area is 128 Å². The number of hydrogen-bond donors (Lipinski definition) is 1. The first-order valence-electron chi connectivity index (χ1n) is 6.27. The molecule has 0 unspecified atom stereocenters. The maximum Gasteiger partial charge on any atom is 0.306 e. The third-order valence-corrected chi connectivity index (χ3v) is 2.95. The number of amides is 2. The van der Waals surface area contributed by atoms with Gasteiger partial charge in [-0.05, 0) is 31.3 Å². The molecule has 114 valence electrons. The fourth-order valence-electron chi connectivity index (χ4n) is 1.55. The Kier molecular flexibility index (Phi) is 6.84. The molecule has 0 bridgehead atoms. The van der Waals surface area contributed by atoms with Crippen LogP contribution in [0.15, 0.2) is 24.3 Å². The average molecular weight is 313 g/mol. The lowest BCUT2D eigenvalue weighted by Crippen LogP contribution is -2.39. The number of benzene rings is 1. The topological polar surface area (TPSA) is 75.7 Å². The fourth-order valence-corrected chi connectivity index (χ4v) is 1.67. The van der Waals surface area contributed by atoms with Gasteiger partial charge in [-0.1, -0.05) is 11.6 Å². The van der Waals surface area contributed by atoms with E-state index in [0.29, 0.717) is 17.1 Å². The van der Waals surface area contributed by atoms with E-state index in [-0.39, 0.29) is 18.9 Å². The number of nitrogens with one attached hydrogen (secondary N) is 1. The lowest BCUT2D eigenvalue weighted by atomic mass is 10.2. The summed E-state index contributed by atoms with van der Waals surface area (Å²) in [4.78, 5) is 36.1. The summed E-state index contributed by atoms with van der Waals surface area (Å²) in [6, 6.07) is 6.21. The number of rotatable bonds is 6. The van der Waals surface area contributed by atoms with E-state index in [2.05, 4.69) is 10.1 Å². The van der Waals surface area contributed by atoms with Crippen LogP contribution >= 0.6 is 11.6 Å². The molecule has 0 saturated heterocycles. The zero-order valence-corrected chi connectivity index (χ0v) is 12.6. The highest BCUT2D eigenvalue weighted by atomic mass is 35.5. The number of halogens is 1. The van der Waals surface area contributed by atoms with Crippen molar-refractivity contribution in [1.82, 2.24) is 10.2 Å². The number of nitrogens with zero attached hydrogens (tertiary/aromatic N) is 1. The highest BCUT2D eigenvalue weighted by molar-refractivity contribution is 6.30. The molecule has 0 aliphatic carbocycles. The molecule has 0 atom stereocenters. The van der Waals surface area contributed by atoms with Crippen molar-refractivity contribution in [2.75, 3.05) is 27.2 Å². The minimum Gasteiger partial charge on any atom is -0.469 e. The van der Waals surface area contributed by atoms with E-state index in [1.165, 1.54) is 19.2 Å². The first kappa shape index (κ1) is 17.1. The number of hydrogen-bond acceptors (Lipinski definition) is 5. The molecule has 1 aromatic rings. The third-order valence-electron chi connectivity index (χ3n) is 2.70. The van der Waals surface area contributed by atoms with Crippen LogP contribution in [0.1, 0.15) is 16.8 Å². The second kappa shape index (κ2) is 8.39. The van der Waals surface area contributed by atoms with E-state index in [4.69, 9.17) is 11.6 Å². The van der Waals surface area contributed by atoms with Gasteiger partial charge in [0.15, 0.2) is 0 Å². The number of likely N-dealkylation sites (N-methyl/N-ethyl adjacent to an activating group) is 1. The minimum absolute atomic E-state index is 0.0102. The molecule has 0 aromatic heterocycles. The maximum atomic E-state index is 11.8. The van der Waals surface area contributed by atoms with Gasteiger partial charge in [-0.3, -0.25) is 24.6 Å². The Hall–Kier alpha value is -1.92. The SMILES string of the molecule is COC(=O)CCN(C)CC(=O)NC(=O)c1ccc(Cl)cc1. The molecule has 1 N–H and O–H groups in total. The van der Waals surface area contributed by atoms with Crippen LogP contribution in [0.4, 0.5) is 0 Å². The summed E-state index contributed by atoms with van der Waals surface area (Å²) in [6.07, 6.45) is 0.186. The number of esters is 1. The summed E-state index contributed by atoms with van der Waals surface area (Å²) in [5.74, 6) is -1.28. The summed E-state index contributed by atoms with van der Waals surface area (Å²) in [5, 5.41) is 2.78. The highest BCUT2D eigenvalue weighted by Crippen LogP contribution is 2.09. The van der Waals surface area contributed by atoms with Crippen LogP contribution in [0.3, 0.4) is 0 Å². The Morgan fingerprint density at radius 3 is 2.43 bits per heavy atom. The molecule has 7 heteroatoms. The van der Waals surface area contributed by atoms with Gasteiger partial charge in [-0.15, -0.1) is 0 Å². The van der Waals surface area contributed by atoms with Crippen molar-refractivity contribution in [3.8, 4) is 0 Å². The maximum absolute atomic E-state index is 11.8. The molecule has 21 heavy (non-hydrogen) atoms. The van der Waals surface area contributed by atoms with Gasteiger partial charge >= 0.3 is 5.97 Å². The second-order valence-electron chi connectivity index (χ2n) is 4.45. The Morgan fingerprint density at radius 2 is 1.86 bits per heavy atom. The van der Waals surface area contributed by atoms with Crippen LogP contribution in [-0.4, -0.2) is 49.9 Å². The van der Waals surface area contributed by atoms with Gasteiger partial charge < -0.3 is 4.74 Å². The quantitative estimate of drug-likeness (QED) is 0.796. The molecule has 1 rings (SSSR count). The number of ether oxygens (including phenoxy) is 1. The Bertz CT molecular complexity index is 516. The van der Waals surface area contributed by atoms with Crippen LogP contribution < -0.4 is 5.32 Å². The van der Waals surface area contributed by atoms with E-state index >= 15 is 0 Å². The van der Waals surface area contributed by atoms with E-state index in [1.54, 1.807) is 24.1 Å². The van der Waals surface area contributed by atoms with Gasteiger partial charge in [-0.2, -0.15) is 0 Å². The zero-order chi connectivity index (χ0) is 15.8. The zero-order valence-electron chi connectivity index (χ0n) is 11.9. The van der Waals surface area contributed by atoms with Crippen molar-refractivity contribution in [3.63, 3.8) is 0 Å². The molecule has 0 fully saturated rings. The Balaban J connectivity index is 2.40. The van der Waals surface area contributed by atoms with Crippen molar-refractivity contribution < 1.29 is 19.1 Å². The summed E-state index contributed by atoms with van der Waals surface area (Å²) in [7, 11) is 2.98. The largest absolute Gasteiger partial charge is 0.469 e. The van der Waals surface area contributed by atoms with Crippen LogP contribution in [0.5, 0.6) is 0 Å². The van der Waals surface area contributed by atoms with Gasteiger partial charge in [-0.25, -0.2) is 0 Å². The van der Waals surface area contributed by atoms with E-state index in [0.717, 1.165) is 0 Å². The molecule has 6 nitrogen and oxygen atoms in total. The fraction of sp³-hybridized carbons (Fsp3) is 0.357. The van der Waals surface area contributed by atoms with Crippen molar-refractivity contribution >= 4 is 29.4 Å². The molecule has 2 amide bonds. The van der Waals surface area contributed by atoms with Crippen LogP contribution in [-0.2, 0) is 14.3 Å². The number of carbonyl (C=O) groups excluding carboxylic acids is 3. The van der Waals surface area contributed by atoms with Gasteiger partial charge in [0.05, 0.1) is 20.1 Å². The molecule has 0 radical (unpaired) electrons. The highest BCUT2D eigenvalue weighted by Gasteiger charge is 2.13. The van der Waals surface area contributed by atoms with Crippen molar-refractivity contribution in [3.05, 3.63) is 34.9 Å². The molecule has 0 heterocycles. The minimum atomic E-state index is -0.488. The van der Waals surface area contributed by atoms with Gasteiger partial charge in [0.2, 0.25) is 5.91 Å². The summed E-state index contributed by atoms with van der Waals surface area (Å²) < 4.78 is 4.51. The Morgan fingerprint density at radius 1 is 1.24 bits per heavy atom. The van der Waals surface area contributed by atoms with Gasteiger partial charge in [0, 0.05) is 17.1 Å².